The molecular formula is C16H27NO. The van der Waals surface area contributed by atoms with E-state index < -0.39 is 0 Å². The molecule has 0 saturated carbocycles. The molecule has 0 unspecified atom stereocenters. The van der Waals surface area contributed by atoms with Gasteiger partial charge in [0.25, 0.3) is 0 Å². The minimum absolute atomic E-state index is 0.146. The van der Waals surface area contributed by atoms with Gasteiger partial charge in [0.2, 0.25) is 0 Å². The van der Waals surface area contributed by atoms with E-state index in [1.807, 2.05) is 12.1 Å². The lowest BCUT2D eigenvalue weighted by molar-refractivity contribution is 0.304. The van der Waals surface area contributed by atoms with Crippen LogP contribution in [0, 0.1) is 0 Å². The summed E-state index contributed by atoms with van der Waals surface area (Å²) < 4.78 is 5.71. The molecule has 0 aliphatic heterocycles. The molecule has 1 rings (SSSR count). The Balaban J connectivity index is 2.22. The summed E-state index contributed by atoms with van der Waals surface area (Å²) in [4.78, 5) is 0. The maximum atomic E-state index is 5.97. The third kappa shape index (κ3) is 5.54. The molecule has 1 atom stereocenters. The molecule has 2 nitrogen and oxygen atoms in total. The molecule has 0 aromatic heterocycles. The quantitative estimate of drug-likeness (QED) is 0.656. The van der Waals surface area contributed by atoms with E-state index in [9.17, 15) is 0 Å². The standard InChI is InChI=1S/C16H27NO/c1-3-5-6-7-8-13-18-15-11-9-14(10-12-15)16(17)4-2/h9-12,16H,3-8,13,17H2,1-2H3/t16-/m0/s1. The number of nitrogens with two attached hydrogens (primary N) is 1. The van der Waals surface area contributed by atoms with E-state index >= 15 is 0 Å². The zero-order valence-corrected chi connectivity index (χ0v) is 11.8. The van der Waals surface area contributed by atoms with Crippen molar-refractivity contribution in [2.45, 2.75) is 58.4 Å². The Hall–Kier alpha value is -1.02. The molecule has 1 aromatic carbocycles. The normalized spacial score (nSPS) is 12.4. The third-order valence-electron chi connectivity index (χ3n) is 3.26. The molecule has 2 heteroatoms. The van der Waals surface area contributed by atoms with Gasteiger partial charge in [0.1, 0.15) is 5.75 Å². The van der Waals surface area contributed by atoms with Gasteiger partial charge in [-0.25, -0.2) is 0 Å². The van der Waals surface area contributed by atoms with E-state index in [1.165, 1.54) is 31.2 Å². The Labute approximate surface area is 112 Å². The van der Waals surface area contributed by atoms with Gasteiger partial charge in [-0.3, -0.25) is 0 Å². The lowest BCUT2D eigenvalue weighted by atomic mass is 10.1. The molecule has 0 bridgehead atoms. The highest BCUT2D eigenvalue weighted by Crippen LogP contribution is 2.18. The predicted molar refractivity (Wildman–Crippen MR) is 77.9 cm³/mol. The highest BCUT2D eigenvalue weighted by atomic mass is 16.5. The molecule has 0 spiro atoms. The van der Waals surface area contributed by atoms with Crippen LogP contribution in [-0.4, -0.2) is 6.61 Å². The van der Waals surface area contributed by atoms with Crippen LogP contribution in [-0.2, 0) is 0 Å². The zero-order valence-electron chi connectivity index (χ0n) is 11.8. The number of benzene rings is 1. The van der Waals surface area contributed by atoms with Crippen molar-refractivity contribution in [2.24, 2.45) is 5.73 Å². The number of hydrogen-bond donors (Lipinski definition) is 1. The number of rotatable bonds is 9. The second-order valence-corrected chi connectivity index (χ2v) is 4.85. The van der Waals surface area contributed by atoms with Crippen LogP contribution in [0.5, 0.6) is 5.75 Å². The van der Waals surface area contributed by atoms with Crippen molar-refractivity contribution in [1.29, 1.82) is 0 Å². The van der Waals surface area contributed by atoms with Crippen molar-refractivity contribution >= 4 is 0 Å². The molecule has 18 heavy (non-hydrogen) atoms. The molecule has 2 N–H and O–H groups in total. The van der Waals surface area contributed by atoms with Crippen molar-refractivity contribution in [1.82, 2.24) is 0 Å². The maximum absolute atomic E-state index is 5.97. The molecule has 0 fully saturated rings. The molecule has 102 valence electrons. The fraction of sp³-hybridized carbons (Fsp3) is 0.625. The Kier molecular flexibility index (Phi) is 7.51. The van der Waals surface area contributed by atoms with Crippen molar-refractivity contribution in [3.05, 3.63) is 29.8 Å². The smallest absolute Gasteiger partial charge is 0.119 e. The van der Waals surface area contributed by atoms with E-state index in [0.717, 1.165) is 25.2 Å². The van der Waals surface area contributed by atoms with Crippen molar-refractivity contribution in [2.75, 3.05) is 6.61 Å². The average molecular weight is 249 g/mol. The summed E-state index contributed by atoms with van der Waals surface area (Å²) in [6.07, 6.45) is 7.34. The van der Waals surface area contributed by atoms with Gasteiger partial charge in [0, 0.05) is 6.04 Å². The van der Waals surface area contributed by atoms with E-state index in [2.05, 4.69) is 26.0 Å². The van der Waals surface area contributed by atoms with Gasteiger partial charge in [-0.05, 0) is 30.5 Å². The first-order chi connectivity index (χ1) is 8.77. The Morgan fingerprint density at radius 3 is 2.28 bits per heavy atom. The maximum Gasteiger partial charge on any atom is 0.119 e. The van der Waals surface area contributed by atoms with E-state index in [-0.39, 0.29) is 6.04 Å². The van der Waals surface area contributed by atoms with E-state index in [0.29, 0.717) is 0 Å². The fourth-order valence-corrected chi connectivity index (χ4v) is 1.94. The molecule has 0 saturated heterocycles. The highest BCUT2D eigenvalue weighted by Gasteiger charge is 2.02. The largest absolute Gasteiger partial charge is 0.494 e. The average Bonchev–Trinajstić information content (AvgIpc) is 2.42. The minimum atomic E-state index is 0.146. The van der Waals surface area contributed by atoms with Gasteiger partial charge >= 0.3 is 0 Å². The van der Waals surface area contributed by atoms with Gasteiger partial charge < -0.3 is 10.5 Å². The first-order valence-corrected chi connectivity index (χ1v) is 7.26. The summed E-state index contributed by atoms with van der Waals surface area (Å²) in [6.45, 7) is 5.16. The Bertz CT molecular complexity index is 307. The van der Waals surface area contributed by atoms with Gasteiger partial charge in [0.05, 0.1) is 6.61 Å². The second-order valence-electron chi connectivity index (χ2n) is 4.85. The lowest BCUT2D eigenvalue weighted by Crippen LogP contribution is -2.08. The molecule has 0 heterocycles. The van der Waals surface area contributed by atoms with Crippen LogP contribution in [0.2, 0.25) is 0 Å². The third-order valence-corrected chi connectivity index (χ3v) is 3.26. The first kappa shape index (κ1) is 15.0. The van der Waals surface area contributed by atoms with Crippen LogP contribution in [0.1, 0.15) is 64.0 Å². The fourth-order valence-electron chi connectivity index (χ4n) is 1.94. The summed E-state index contributed by atoms with van der Waals surface area (Å²) in [7, 11) is 0. The molecule has 0 amide bonds. The van der Waals surface area contributed by atoms with Crippen LogP contribution < -0.4 is 10.5 Å². The second kappa shape index (κ2) is 8.98. The highest BCUT2D eigenvalue weighted by molar-refractivity contribution is 5.28. The molecule has 0 radical (unpaired) electrons. The molecule has 1 aromatic rings. The van der Waals surface area contributed by atoms with Gasteiger partial charge in [0.15, 0.2) is 0 Å². The Morgan fingerprint density at radius 2 is 1.67 bits per heavy atom. The lowest BCUT2D eigenvalue weighted by Gasteiger charge is -2.10. The molecular weight excluding hydrogens is 222 g/mol. The first-order valence-electron chi connectivity index (χ1n) is 7.26. The van der Waals surface area contributed by atoms with Crippen LogP contribution >= 0.6 is 0 Å². The predicted octanol–water partition coefficient (Wildman–Crippen LogP) is 4.45. The van der Waals surface area contributed by atoms with Crippen LogP contribution in [0.4, 0.5) is 0 Å². The van der Waals surface area contributed by atoms with Crippen LogP contribution in [0.3, 0.4) is 0 Å². The SMILES string of the molecule is CCCCCCCOc1ccc([C@@H](N)CC)cc1. The minimum Gasteiger partial charge on any atom is -0.494 e. The van der Waals surface area contributed by atoms with Crippen LogP contribution in [0.15, 0.2) is 24.3 Å². The van der Waals surface area contributed by atoms with Crippen LogP contribution in [0.25, 0.3) is 0 Å². The summed E-state index contributed by atoms with van der Waals surface area (Å²) in [5.74, 6) is 0.956. The van der Waals surface area contributed by atoms with E-state index in [4.69, 9.17) is 10.5 Å². The van der Waals surface area contributed by atoms with Crippen molar-refractivity contribution in [3.63, 3.8) is 0 Å². The summed E-state index contributed by atoms with van der Waals surface area (Å²) in [5.41, 5.74) is 7.16. The summed E-state index contributed by atoms with van der Waals surface area (Å²) in [6, 6.07) is 8.34. The van der Waals surface area contributed by atoms with Gasteiger partial charge in [-0.2, -0.15) is 0 Å². The summed E-state index contributed by atoms with van der Waals surface area (Å²) >= 11 is 0. The number of ether oxygens (including phenoxy) is 1. The van der Waals surface area contributed by atoms with Gasteiger partial charge in [-0.1, -0.05) is 51.7 Å². The Morgan fingerprint density at radius 1 is 1.00 bits per heavy atom. The van der Waals surface area contributed by atoms with Gasteiger partial charge in [-0.15, -0.1) is 0 Å². The molecule has 0 aliphatic rings. The summed E-state index contributed by atoms with van der Waals surface area (Å²) in [5, 5.41) is 0. The monoisotopic (exact) mass is 249 g/mol. The molecule has 0 aliphatic carbocycles. The van der Waals surface area contributed by atoms with E-state index in [1.54, 1.807) is 0 Å². The number of unbranched alkanes of at least 4 members (excludes halogenated alkanes) is 4. The topological polar surface area (TPSA) is 35.2 Å². The zero-order chi connectivity index (χ0) is 13.2. The number of hydrogen-bond acceptors (Lipinski definition) is 2. The van der Waals surface area contributed by atoms with Crippen molar-refractivity contribution < 1.29 is 4.74 Å². The van der Waals surface area contributed by atoms with Crippen molar-refractivity contribution in [3.8, 4) is 5.75 Å².